The Bertz CT molecular complexity index is 884. The van der Waals surface area contributed by atoms with Crippen molar-refractivity contribution in [2.24, 2.45) is 0 Å². The summed E-state index contributed by atoms with van der Waals surface area (Å²) in [5.74, 6) is 1.78. The van der Waals surface area contributed by atoms with Crippen LogP contribution in [0.4, 0.5) is 0 Å². The number of benzene rings is 2. The third kappa shape index (κ3) is 4.99. The van der Waals surface area contributed by atoms with Crippen molar-refractivity contribution in [3.05, 3.63) is 70.8 Å². The standard InChI is InChI=1S/C25H24O5/c26-25-19(11-17-1-7-21(8-2-17)27-13-23-15-29-23)5-6-20(25)12-18-3-9-22(10-4-18)28-14-24-16-30-24/h1-4,7-12,23-24H,5-6,13-16H2. The monoisotopic (exact) mass is 404 g/mol. The van der Waals surface area contributed by atoms with Gasteiger partial charge in [0, 0.05) is 11.1 Å². The Hall–Kier alpha value is -2.89. The molecule has 0 radical (unpaired) electrons. The number of epoxide rings is 2. The zero-order chi connectivity index (χ0) is 20.3. The molecule has 5 rings (SSSR count). The average molecular weight is 404 g/mol. The number of hydrogen-bond donors (Lipinski definition) is 0. The van der Waals surface area contributed by atoms with Gasteiger partial charge in [-0.15, -0.1) is 0 Å². The number of hydrogen-bond acceptors (Lipinski definition) is 5. The summed E-state index contributed by atoms with van der Waals surface area (Å²) in [6, 6.07) is 15.7. The average Bonchev–Trinajstić information content (AvgIpc) is 3.69. The molecule has 2 atom stereocenters. The van der Waals surface area contributed by atoms with E-state index in [-0.39, 0.29) is 18.0 Å². The van der Waals surface area contributed by atoms with E-state index in [1.165, 1.54) is 0 Å². The summed E-state index contributed by atoms with van der Waals surface area (Å²) in [7, 11) is 0. The quantitative estimate of drug-likeness (QED) is 0.490. The van der Waals surface area contributed by atoms with E-state index in [0.717, 1.165) is 59.8 Å². The van der Waals surface area contributed by atoms with Gasteiger partial charge in [-0.25, -0.2) is 0 Å². The Balaban J connectivity index is 1.20. The molecular weight excluding hydrogens is 380 g/mol. The predicted molar refractivity (Wildman–Crippen MR) is 114 cm³/mol. The molecule has 0 amide bonds. The number of rotatable bonds is 8. The van der Waals surface area contributed by atoms with Crippen LogP contribution < -0.4 is 9.47 Å². The lowest BCUT2D eigenvalue weighted by molar-refractivity contribution is -0.111. The highest BCUT2D eigenvalue weighted by Crippen LogP contribution is 2.30. The van der Waals surface area contributed by atoms with Crippen molar-refractivity contribution in [1.29, 1.82) is 0 Å². The largest absolute Gasteiger partial charge is 0.491 e. The Morgan fingerprint density at radius 1 is 0.733 bits per heavy atom. The van der Waals surface area contributed by atoms with Crippen LogP contribution in [0.25, 0.3) is 12.2 Å². The van der Waals surface area contributed by atoms with Gasteiger partial charge in [0.05, 0.1) is 13.2 Å². The van der Waals surface area contributed by atoms with Crippen LogP contribution in [0.3, 0.4) is 0 Å². The summed E-state index contributed by atoms with van der Waals surface area (Å²) in [5.41, 5.74) is 3.72. The zero-order valence-electron chi connectivity index (χ0n) is 16.7. The van der Waals surface area contributed by atoms with Crippen LogP contribution in [0.2, 0.25) is 0 Å². The molecule has 30 heavy (non-hydrogen) atoms. The summed E-state index contributed by atoms with van der Waals surface area (Å²) >= 11 is 0. The molecule has 2 aromatic carbocycles. The Morgan fingerprint density at radius 2 is 1.13 bits per heavy atom. The van der Waals surface area contributed by atoms with Crippen molar-refractivity contribution in [1.82, 2.24) is 0 Å². The van der Waals surface area contributed by atoms with Crippen molar-refractivity contribution < 1.29 is 23.7 Å². The van der Waals surface area contributed by atoms with Crippen LogP contribution in [0.5, 0.6) is 11.5 Å². The van der Waals surface area contributed by atoms with Gasteiger partial charge in [-0.1, -0.05) is 24.3 Å². The van der Waals surface area contributed by atoms with E-state index in [0.29, 0.717) is 13.2 Å². The highest BCUT2D eigenvalue weighted by molar-refractivity contribution is 6.15. The van der Waals surface area contributed by atoms with Crippen molar-refractivity contribution in [2.75, 3.05) is 26.4 Å². The van der Waals surface area contributed by atoms with E-state index in [1.807, 2.05) is 60.7 Å². The van der Waals surface area contributed by atoms with Gasteiger partial charge in [-0.2, -0.15) is 0 Å². The van der Waals surface area contributed by atoms with Gasteiger partial charge in [-0.3, -0.25) is 4.79 Å². The smallest absolute Gasteiger partial charge is 0.185 e. The summed E-state index contributed by atoms with van der Waals surface area (Å²) in [4.78, 5) is 12.8. The second kappa shape index (κ2) is 8.46. The van der Waals surface area contributed by atoms with Gasteiger partial charge in [-0.05, 0) is 60.4 Å². The maximum absolute atomic E-state index is 12.8. The first-order chi connectivity index (χ1) is 14.7. The topological polar surface area (TPSA) is 60.6 Å². The molecule has 2 heterocycles. The first-order valence-corrected chi connectivity index (χ1v) is 10.4. The molecule has 2 unspecified atom stereocenters. The second-order valence-electron chi connectivity index (χ2n) is 7.84. The second-order valence-corrected chi connectivity index (χ2v) is 7.84. The predicted octanol–water partition coefficient (Wildman–Crippen LogP) is 4.07. The summed E-state index contributed by atoms with van der Waals surface area (Å²) in [6.45, 7) is 2.76. The molecule has 154 valence electrons. The van der Waals surface area contributed by atoms with E-state index >= 15 is 0 Å². The fraction of sp³-hybridized carbons (Fsp3) is 0.320. The Morgan fingerprint density at radius 3 is 1.50 bits per heavy atom. The highest BCUT2D eigenvalue weighted by atomic mass is 16.6. The molecule has 2 aromatic rings. The molecule has 1 aliphatic carbocycles. The fourth-order valence-electron chi connectivity index (χ4n) is 3.41. The van der Waals surface area contributed by atoms with E-state index < -0.39 is 0 Å². The van der Waals surface area contributed by atoms with Gasteiger partial charge in [0.15, 0.2) is 5.78 Å². The third-order valence-corrected chi connectivity index (χ3v) is 5.37. The van der Waals surface area contributed by atoms with Crippen molar-refractivity contribution in [2.45, 2.75) is 25.0 Å². The summed E-state index contributed by atoms with van der Waals surface area (Å²) in [5, 5.41) is 0. The van der Waals surface area contributed by atoms with Crippen molar-refractivity contribution in [3.63, 3.8) is 0 Å². The molecule has 2 saturated heterocycles. The molecule has 3 fully saturated rings. The number of Topliss-reactive ketones (excluding diaryl/α,β-unsaturated/α-hetero) is 1. The minimum atomic E-state index is 0.132. The number of carbonyl (C=O) groups excluding carboxylic acids is 1. The van der Waals surface area contributed by atoms with Crippen LogP contribution in [0, 0.1) is 0 Å². The minimum absolute atomic E-state index is 0.132. The van der Waals surface area contributed by atoms with Gasteiger partial charge in [0.25, 0.3) is 0 Å². The molecule has 0 spiro atoms. The zero-order valence-corrected chi connectivity index (χ0v) is 16.7. The number of ether oxygens (including phenoxy) is 4. The normalized spacial score (nSPS) is 25.0. The van der Waals surface area contributed by atoms with Gasteiger partial charge in [0.2, 0.25) is 0 Å². The lowest BCUT2D eigenvalue weighted by atomic mass is 10.1. The van der Waals surface area contributed by atoms with E-state index in [1.54, 1.807) is 0 Å². The SMILES string of the molecule is O=C1C(=Cc2ccc(OCC3CO3)cc2)CCC1=Cc1ccc(OCC2CO2)cc1. The number of ketones is 1. The molecule has 0 aromatic heterocycles. The van der Waals surface area contributed by atoms with Gasteiger partial charge >= 0.3 is 0 Å². The minimum Gasteiger partial charge on any atom is -0.491 e. The van der Waals surface area contributed by atoms with Crippen LogP contribution >= 0.6 is 0 Å². The first-order valence-electron chi connectivity index (χ1n) is 10.4. The number of allylic oxidation sites excluding steroid dienone is 2. The lowest BCUT2D eigenvalue weighted by Gasteiger charge is -2.05. The van der Waals surface area contributed by atoms with E-state index in [2.05, 4.69) is 0 Å². The van der Waals surface area contributed by atoms with Gasteiger partial charge < -0.3 is 18.9 Å². The molecule has 5 heteroatoms. The van der Waals surface area contributed by atoms with Crippen LogP contribution in [-0.2, 0) is 14.3 Å². The molecule has 0 N–H and O–H groups in total. The highest BCUT2D eigenvalue weighted by Gasteiger charge is 2.24. The van der Waals surface area contributed by atoms with Crippen LogP contribution in [0.1, 0.15) is 24.0 Å². The Labute approximate surface area is 175 Å². The fourth-order valence-corrected chi connectivity index (χ4v) is 3.41. The first kappa shape index (κ1) is 19.1. The van der Waals surface area contributed by atoms with Crippen LogP contribution in [0.15, 0.2) is 59.7 Å². The molecule has 5 nitrogen and oxygen atoms in total. The summed E-state index contributed by atoms with van der Waals surface area (Å²) in [6.07, 6.45) is 5.99. The van der Waals surface area contributed by atoms with E-state index in [9.17, 15) is 4.79 Å². The molecular formula is C25H24O5. The maximum Gasteiger partial charge on any atom is 0.185 e. The van der Waals surface area contributed by atoms with E-state index in [4.69, 9.17) is 18.9 Å². The third-order valence-electron chi connectivity index (χ3n) is 5.37. The van der Waals surface area contributed by atoms with Gasteiger partial charge in [0.1, 0.15) is 36.9 Å². The Kier molecular flexibility index (Phi) is 5.39. The van der Waals surface area contributed by atoms with Crippen molar-refractivity contribution >= 4 is 17.9 Å². The lowest BCUT2D eigenvalue weighted by Crippen LogP contribution is -2.03. The van der Waals surface area contributed by atoms with Crippen molar-refractivity contribution in [3.8, 4) is 11.5 Å². The molecule has 0 bridgehead atoms. The molecule has 1 saturated carbocycles. The maximum atomic E-state index is 12.8. The molecule has 2 aliphatic heterocycles. The summed E-state index contributed by atoms with van der Waals surface area (Å²) < 4.78 is 21.6. The number of carbonyl (C=O) groups is 1. The van der Waals surface area contributed by atoms with Crippen LogP contribution in [-0.4, -0.2) is 44.4 Å². The molecule has 3 aliphatic rings.